The quantitative estimate of drug-likeness (QED) is 0.819. The predicted octanol–water partition coefficient (Wildman–Crippen LogP) is 4.96. The topological polar surface area (TPSA) is 38.3 Å². The van der Waals surface area contributed by atoms with Crippen molar-refractivity contribution >= 4 is 39.1 Å². The summed E-state index contributed by atoms with van der Waals surface area (Å²) < 4.78 is 28.9. The fraction of sp³-hybridized carbons (Fsp3) is 0.0714. The van der Waals surface area contributed by atoms with Gasteiger partial charge in [-0.15, -0.1) is 0 Å². The molecule has 0 fully saturated rings. The molecule has 0 aromatic heterocycles. The van der Waals surface area contributed by atoms with Crippen LogP contribution in [-0.4, -0.2) is 12.5 Å². The Kier molecular flexibility index (Phi) is 5.14. The average Bonchev–Trinajstić information content (AvgIpc) is 2.43. The zero-order chi connectivity index (χ0) is 15.4. The monoisotopic (exact) mass is 375 g/mol. The molecule has 110 valence electrons. The van der Waals surface area contributed by atoms with E-state index in [4.69, 9.17) is 11.6 Å². The van der Waals surface area contributed by atoms with E-state index in [1.807, 2.05) is 0 Å². The van der Waals surface area contributed by atoms with Crippen LogP contribution < -0.4 is 10.1 Å². The van der Waals surface area contributed by atoms with E-state index >= 15 is 0 Å². The van der Waals surface area contributed by atoms with Crippen LogP contribution in [-0.2, 0) is 0 Å². The summed E-state index contributed by atoms with van der Waals surface area (Å²) in [5.74, 6) is -0.382. The minimum Gasteiger partial charge on any atom is -0.435 e. The van der Waals surface area contributed by atoms with Gasteiger partial charge in [-0.3, -0.25) is 4.79 Å². The number of ether oxygens (including phenoxy) is 1. The van der Waals surface area contributed by atoms with Crippen molar-refractivity contribution < 1.29 is 18.3 Å². The van der Waals surface area contributed by atoms with Gasteiger partial charge in [-0.05, 0) is 52.3 Å². The number of hydrogen-bond donors (Lipinski definition) is 1. The SMILES string of the molecule is O=C(Nc1ccc(OC(F)F)cc1)c1cccc(Br)c1Cl. The first-order valence-electron chi connectivity index (χ1n) is 5.77. The van der Waals surface area contributed by atoms with Crippen LogP contribution in [0.2, 0.25) is 5.02 Å². The van der Waals surface area contributed by atoms with Gasteiger partial charge in [0.1, 0.15) is 5.75 Å². The lowest BCUT2D eigenvalue weighted by Crippen LogP contribution is -2.12. The summed E-state index contributed by atoms with van der Waals surface area (Å²) in [6, 6.07) is 10.6. The van der Waals surface area contributed by atoms with Crippen molar-refractivity contribution in [2.75, 3.05) is 5.32 Å². The van der Waals surface area contributed by atoms with Gasteiger partial charge in [0.25, 0.3) is 5.91 Å². The second kappa shape index (κ2) is 6.87. The van der Waals surface area contributed by atoms with Gasteiger partial charge in [-0.2, -0.15) is 8.78 Å². The Labute approximate surface area is 133 Å². The van der Waals surface area contributed by atoms with Crippen molar-refractivity contribution in [2.24, 2.45) is 0 Å². The molecule has 7 heteroatoms. The summed E-state index contributed by atoms with van der Waals surface area (Å²) >= 11 is 9.26. The molecule has 0 aliphatic carbocycles. The molecule has 2 aromatic carbocycles. The lowest BCUT2D eigenvalue weighted by atomic mass is 10.2. The lowest BCUT2D eigenvalue weighted by Gasteiger charge is -2.09. The second-order valence-corrected chi connectivity index (χ2v) is 5.19. The highest BCUT2D eigenvalue weighted by molar-refractivity contribution is 9.10. The number of anilines is 1. The molecule has 0 atom stereocenters. The van der Waals surface area contributed by atoms with Gasteiger partial charge >= 0.3 is 6.61 Å². The van der Waals surface area contributed by atoms with E-state index in [2.05, 4.69) is 26.0 Å². The fourth-order valence-electron chi connectivity index (χ4n) is 1.60. The Morgan fingerprint density at radius 3 is 2.48 bits per heavy atom. The second-order valence-electron chi connectivity index (χ2n) is 3.96. The summed E-state index contributed by atoms with van der Waals surface area (Å²) in [5.41, 5.74) is 0.747. The van der Waals surface area contributed by atoms with Crippen LogP contribution in [0.1, 0.15) is 10.4 Å². The largest absolute Gasteiger partial charge is 0.435 e. The standard InChI is InChI=1S/C14H9BrClF2NO2/c15-11-3-1-2-10(12(11)16)13(20)19-8-4-6-9(7-5-8)21-14(17)18/h1-7,14H,(H,19,20). The molecule has 3 nitrogen and oxygen atoms in total. The first-order valence-corrected chi connectivity index (χ1v) is 6.94. The maximum absolute atomic E-state index is 12.1. The van der Waals surface area contributed by atoms with E-state index < -0.39 is 12.5 Å². The zero-order valence-electron chi connectivity index (χ0n) is 10.4. The van der Waals surface area contributed by atoms with Gasteiger partial charge in [0, 0.05) is 10.2 Å². The molecule has 0 aliphatic heterocycles. The highest BCUT2D eigenvalue weighted by Crippen LogP contribution is 2.27. The highest BCUT2D eigenvalue weighted by atomic mass is 79.9. The molecule has 1 amide bonds. The van der Waals surface area contributed by atoms with Crippen LogP contribution in [0.4, 0.5) is 14.5 Å². The smallest absolute Gasteiger partial charge is 0.387 e. The molecular weight excluding hydrogens is 368 g/mol. The van der Waals surface area contributed by atoms with Crippen molar-refractivity contribution in [1.29, 1.82) is 0 Å². The van der Waals surface area contributed by atoms with Gasteiger partial charge in [0.05, 0.1) is 10.6 Å². The Bertz CT molecular complexity index is 650. The summed E-state index contributed by atoms with van der Waals surface area (Å²) in [6.45, 7) is -2.88. The third-order valence-corrected chi connectivity index (χ3v) is 3.83. The summed E-state index contributed by atoms with van der Waals surface area (Å²) in [6.07, 6.45) is 0. The molecular formula is C14H9BrClF2NO2. The molecule has 0 saturated heterocycles. The van der Waals surface area contributed by atoms with Crippen LogP contribution in [0.25, 0.3) is 0 Å². The maximum Gasteiger partial charge on any atom is 0.387 e. The highest BCUT2D eigenvalue weighted by Gasteiger charge is 2.12. The van der Waals surface area contributed by atoms with Gasteiger partial charge < -0.3 is 10.1 Å². The first kappa shape index (κ1) is 15.7. The van der Waals surface area contributed by atoms with E-state index in [9.17, 15) is 13.6 Å². The van der Waals surface area contributed by atoms with Gasteiger partial charge in [0.2, 0.25) is 0 Å². The Balaban J connectivity index is 2.11. The summed E-state index contributed by atoms with van der Waals surface area (Å²) in [7, 11) is 0. The van der Waals surface area contributed by atoms with Crippen LogP contribution >= 0.6 is 27.5 Å². The molecule has 1 N–H and O–H groups in total. The number of amides is 1. The van der Waals surface area contributed by atoms with E-state index in [0.29, 0.717) is 20.7 Å². The van der Waals surface area contributed by atoms with Crippen molar-refractivity contribution in [2.45, 2.75) is 6.61 Å². The molecule has 0 heterocycles. The molecule has 2 rings (SSSR count). The Morgan fingerprint density at radius 2 is 1.86 bits per heavy atom. The number of benzene rings is 2. The van der Waals surface area contributed by atoms with E-state index in [-0.39, 0.29) is 5.75 Å². The third-order valence-electron chi connectivity index (χ3n) is 2.53. The number of carbonyl (C=O) groups excluding carboxylic acids is 1. The third kappa shape index (κ3) is 4.15. The van der Waals surface area contributed by atoms with Gasteiger partial charge in [0.15, 0.2) is 0 Å². The van der Waals surface area contributed by atoms with Crippen molar-refractivity contribution in [3.8, 4) is 5.75 Å². The van der Waals surface area contributed by atoms with Crippen LogP contribution in [0.3, 0.4) is 0 Å². The van der Waals surface area contributed by atoms with E-state index in [1.165, 1.54) is 24.3 Å². The van der Waals surface area contributed by atoms with Crippen molar-refractivity contribution in [3.05, 3.63) is 57.5 Å². The molecule has 0 aliphatic rings. The number of rotatable bonds is 4. The van der Waals surface area contributed by atoms with Crippen molar-refractivity contribution in [1.82, 2.24) is 0 Å². The lowest BCUT2D eigenvalue weighted by molar-refractivity contribution is -0.0498. The number of halogens is 4. The molecule has 0 unspecified atom stereocenters. The van der Waals surface area contributed by atoms with Crippen LogP contribution in [0.5, 0.6) is 5.75 Å². The zero-order valence-corrected chi connectivity index (χ0v) is 12.8. The molecule has 0 bridgehead atoms. The number of nitrogens with one attached hydrogen (secondary N) is 1. The number of alkyl halides is 2. The maximum atomic E-state index is 12.1. The molecule has 0 spiro atoms. The van der Waals surface area contributed by atoms with E-state index in [0.717, 1.165) is 0 Å². The molecule has 0 radical (unpaired) electrons. The minimum atomic E-state index is -2.88. The van der Waals surface area contributed by atoms with Crippen molar-refractivity contribution in [3.63, 3.8) is 0 Å². The molecule has 0 saturated carbocycles. The predicted molar refractivity (Wildman–Crippen MR) is 80.2 cm³/mol. The fourth-order valence-corrected chi connectivity index (χ4v) is 2.18. The number of carbonyl (C=O) groups is 1. The van der Waals surface area contributed by atoms with Crippen LogP contribution in [0, 0.1) is 0 Å². The minimum absolute atomic E-state index is 0.0171. The number of hydrogen-bond acceptors (Lipinski definition) is 2. The van der Waals surface area contributed by atoms with Gasteiger partial charge in [-0.1, -0.05) is 17.7 Å². The Morgan fingerprint density at radius 1 is 1.19 bits per heavy atom. The average molecular weight is 377 g/mol. The normalized spacial score (nSPS) is 10.5. The molecule has 21 heavy (non-hydrogen) atoms. The first-order chi connectivity index (χ1) is 9.97. The molecule has 2 aromatic rings. The van der Waals surface area contributed by atoms with E-state index in [1.54, 1.807) is 18.2 Å². The summed E-state index contributed by atoms with van der Waals surface area (Å²) in [5, 5.41) is 2.92. The van der Waals surface area contributed by atoms with Gasteiger partial charge in [-0.25, -0.2) is 0 Å². The van der Waals surface area contributed by atoms with Crippen LogP contribution in [0.15, 0.2) is 46.9 Å². The Hall–Kier alpha value is -1.66. The summed E-state index contributed by atoms with van der Waals surface area (Å²) in [4.78, 5) is 12.1.